The second-order valence-electron chi connectivity index (χ2n) is 4.09. The van der Waals surface area contributed by atoms with Gasteiger partial charge < -0.3 is 25.0 Å². The number of aliphatic hydroxyl groups excluding tert-OH is 1. The van der Waals surface area contributed by atoms with Gasteiger partial charge in [-0.15, -0.1) is 0 Å². The van der Waals surface area contributed by atoms with Crippen molar-refractivity contribution in [1.82, 2.24) is 5.32 Å². The summed E-state index contributed by atoms with van der Waals surface area (Å²) in [5, 5.41) is 20.2. The summed E-state index contributed by atoms with van der Waals surface area (Å²) in [5.74, 6) is -0.949. The molecule has 2 atom stereocenters. The number of nitrogens with one attached hydrogen (secondary N) is 1. The Bertz CT molecular complexity index is 474. The molecule has 0 aromatic heterocycles. The van der Waals surface area contributed by atoms with Gasteiger partial charge in [-0.25, -0.2) is 4.79 Å². The van der Waals surface area contributed by atoms with E-state index in [1.807, 2.05) is 0 Å². The first-order valence-electron chi connectivity index (χ1n) is 5.91. The average Bonchev–Trinajstić information content (AvgIpc) is 2.42. The molecule has 0 aliphatic heterocycles. The van der Waals surface area contributed by atoms with Crippen molar-refractivity contribution >= 4 is 11.9 Å². The number of carbonyl (C=O) groups is 2. The average molecular weight is 283 g/mol. The molecule has 7 heteroatoms. The zero-order valence-electron chi connectivity index (χ0n) is 11.2. The second-order valence-corrected chi connectivity index (χ2v) is 4.09. The van der Waals surface area contributed by atoms with Gasteiger partial charge in [0, 0.05) is 6.07 Å². The summed E-state index contributed by atoms with van der Waals surface area (Å²) in [4.78, 5) is 22.4. The number of aliphatic hydroxyl groups is 1. The van der Waals surface area contributed by atoms with Crippen LogP contribution in [0.2, 0.25) is 0 Å². The molecule has 2 unspecified atom stereocenters. The van der Waals surface area contributed by atoms with E-state index in [1.54, 1.807) is 24.3 Å². The van der Waals surface area contributed by atoms with Gasteiger partial charge in [-0.05, 0) is 19.1 Å². The van der Waals surface area contributed by atoms with Crippen LogP contribution in [0.4, 0.5) is 0 Å². The lowest BCUT2D eigenvalue weighted by molar-refractivity contribution is -0.145. The van der Waals surface area contributed by atoms with Gasteiger partial charge in [0.25, 0.3) is 5.91 Å². The maximum absolute atomic E-state index is 11.5. The van der Waals surface area contributed by atoms with Gasteiger partial charge in [0.1, 0.15) is 11.5 Å². The highest BCUT2D eigenvalue weighted by atomic mass is 16.5. The number of aliphatic carboxylic acids is 1. The van der Waals surface area contributed by atoms with Crippen molar-refractivity contribution < 1.29 is 29.3 Å². The first kappa shape index (κ1) is 15.8. The topological polar surface area (TPSA) is 105 Å². The van der Waals surface area contributed by atoms with E-state index in [9.17, 15) is 14.7 Å². The lowest BCUT2D eigenvalue weighted by Gasteiger charge is -2.17. The number of rotatable bonds is 7. The summed E-state index contributed by atoms with van der Waals surface area (Å²) < 4.78 is 10.2. The molecule has 3 N–H and O–H groups in total. The molecule has 0 fully saturated rings. The van der Waals surface area contributed by atoms with E-state index < -0.39 is 24.0 Å². The van der Waals surface area contributed by atoms with Crippen LogP contribution in [0.1, 0.15) is 6.92 Å². The highest BCUT2D eigenvalue weighted by molar-refractivity contribution is 5.84. The van der Waals surface area contributed by atoms with E-state index in [0.29, 0.717) is 11.5 Å². The van der Waals surface area contributed by atoms with Crippen molar-refractivity contribution in [1.29, 1.82) is 0 Å². The molecule has 0 aliphatic carbocycles. The Hall–Kier alpha value is -2.28. The second kappa shape index (κ2) is 7.34. The van der Waals surface area contributed by atoms with Crippen LogP contribution in [0.25, 0.3) is 0 Å². The minimum atomic E-state index is -1.36. The quantitative estimate of drug-likeness (QED) is 0.652. The molecule has 0 spiro atoms. The van der Waals surface area contributed by atoms with Crippen molar-refractivity contribution in [3.63, 3.8) is 0 Å². The predicted octanol–water partition coefficient (Wildman–Crippen LogP) is 0.0242. The van der Waals surface area contributed by atoms with Gasteiger partial charge >= 0.3 is 5.97 Å². The number of benzene rings is 1. The van der Waals surface area contributed by atoms with Crippen LogP contribution in [0.5, 0.6) is 11.5 Å². The number of carboxylic acids is 1. The minimum absolute atomic E-state index is 0.357. The summed E-state index contributed by atoms with van der Waals surface area (Å²) in [6.45, 7) is 0.922. The highest BCUT2D eigenvalue weighted by Crippen LogP contribution is 2.18. The van der Waals surface area contributed by atoms with Gasteiger partial charge in [-0.2, -0.15) is 0 Å². The highest BCUT2D eigenvalue weighted by Gasteiger charge is 2.24. The maximum atomic E-state index is 11.5. The molecule has 110 valence electrons. The summed E-state index contributed by atoms with van der Waals surface area (Å²) in [6, 6.07) is 5.29. The zero-order chi connectivity index (χ0) is 15.1. The van der Waals surface area contributed by atoms with Gasteiger partial charge in [0.05, 0.1) is 13.2 Å². The Labute approximate surface area is 116 Å². The Morgan fingerprint density at radius 3 is 2.55 bits per heavy atom. The van der Waals surface area contributed by atoms with E-state index in [1.165, 1.54) is 14.0 Å². The fourth-order valence-electron chi connectivity index (χ4n) is 1.44. The minimum Gasteiger partial charge on any atom is -0.497 e. The van der Waals surface area contributed by atoms with Crippen LogP contribution < -0.4 is 14.8 Å². The van der Waals surface area contributed by atoms with Crippen molar-refractivity contribution in [3.8, 4) is 11.5 Å². The standard InChI is InChI=1S/C13H17NO6/c1-8(15)12(13(17)18)14-11(16)7-20-10-5-3-4-9(6-10)19-2/h3-6,8,12,15H,7H2,1-2H3,(H,14,16)(H,17,18). The Kier molecular flexibility index (Phi) is 5.79. The smallest absolute Gasteiger partial charge is 0.328 e. The van der Waals surface area contributed by atoms with Crippen molar-refractivity contribution in [2.75, 3.05) is 13.7 Å². The van der Waals surface area contributed by atoms with Crippen LogP contribution in [0.3, 0.4) is 0 Å². The molecule has 1 aromatic carbocycles. The third-order valence-electron chi connectivity index (χ3n) is 2.48. The van der Waals surface area contributed by atoms with Crippen LogP contribution in [-0.2, 0) is 9.59 Å². The first-order chi connectivity index (χ1) is 9.43. The molecule has 0 bridgehead atoms. The van der Waals surface area contributed by atoms with E-state index in [2.05, 4.69) is 5.32 Å². The predicted molar refractivity (Wildman–Crippen MR) is 69.7 cm³/mol. The molecule has 1 amide bonds. The van der Waals surface area contributed by atoms with Crippen molar-refractivity contribution in [2.24, 2.45) is 0 Å². The van der Waals surface area contributed by atoms with E-state index in [4.69, 9.17) is 14.6 Å². The van der Waals surface area contributed by atoms with Gasteiger partial charge in [-0.3, -0.25) is 4.79 Å². The van der Waals surface area contributed by atoms with E-state index >= 15 is 0 Å². The third-order valence-corrected chi connectivity index (χ3v) is 2.48. The molecule has 1 rings (SSSR count). The Balaban J connectivity index is 2.52. The molecular weight excluding hydrogens is 266 g/mol. The molecule has 0 radical (unpaired) electrons. The third kappa shape index (κ3) is 4.77. The Morgan fingerprint density at radius 2 is 2.00 bits per heavy atom. The summed E-state index contributed by atoms with van der Waals surface area (Å²) in [5.41, 5.74) is 0. The summed E-state index contributed by atoms with van der Waals surface area (Å²) in [6.07, 6.45) is -1.20. The molecule has 0 aliphatic rings. The first-order valence-corrected chi connectivity index (χ1v) is 5.91. The van der Waals surface area contributed by atoms with Crippen LogP contribution in [-0.4, -0.2) is 48.0 Å². The van der Waals surface area contributed by atoms with E-state index in [-0.39, 0.29) is 6.61 Å². The SMILES string of the molecule is COc1cccc(OCC(=O)NC(C(=O)O)C(C)O)c1. The normalized spacial score (nSPS) is 13.2. The van der Waals surface area contributed by atoms with Gasteiger partial charge in [-0.1, -0.05) is 6.07 Å². The molecule has 0 heterocycles. The Morgan fingerprint density at radius 1 is 1.35 bits per heavy atom. The number of methoxy groups -OCH3 is 1. The number of ether oxygens (including phenoxy) is 2. The monoisotopic (exact) mass is 283 g/mol. The molecule has 7 nitrogen and oxygen atoms in total. The van der Waals surface area contributed by atoms with Crippen LogP contribution in [0.15, 0.2) is 24.3 Å². The number of amides is 1. The van der Waals surface area contributed by atoms with Crippen molar-refractivity contribution in [3.05, 3.63) is 24.3 Å². The molecule has 0 saturated carbocycles. The van der Waals surface area contributed by atoms with Crippen LogP contribution in [0, 0.1) is 0 Å². The largest absolute Gasteiger partial charge is 0.497 e. The van der Waals surface area contributed by atoms with Crippen LogP contribution >= 0.6 is 0 Å². The fraction of sp³-hybridized carbons (Fsp3) is 0.385. The zero-order valence-corrected chi connectivity index (χ0v) is 11.2. The molecule has 20 heavy (non-hydrogen) atoms. The lowest BCUT2D eigenvalue weighted by Crippen LogP contribution is -2.49. The maximum Gasteiger partial charge on any atom is 0.328 e. The van der Waals surface area contributed by atoms with Crippen molar-refractivity contribution in [2.45, 2.75) is 19.1 Å². The summed E-state index contributed by atoms with van der Waals surface area (Å²) >= 11 is 0. The van der Waals surface area contributed by atoms with Gasteiger partial charge in [0.15, 0.2) is 12.6 Å². The summed E-state index contributed by atoms with van der Waals surface area (Å²) in [7, 11) is 1.51. The molecular formula is C13H17NO6. The number of carboxylic acid groups (broad SMARTS) is 1. The molecule has 0 saturated heterocycles. The van der Waals surface area contributed by atoms with Gasteiger partial charge in [0.2, 0.25) is 0 Å². The van der Waals surface area contributed by atoms with E-state index in [0.717, 1.165) is 0 Å². The fourth-order valence-corrected chi connectivity index (χ4v) is 1.44. The number of hydrogen-bond acceptors (Lipinski definition) is 5. The lowest BCUT2D eigenvalue weighted by atomic mass is 10.2. The molecule has 1 aromatic rings. The number of hydrogen-bond donors (Lipinski definition) is 3. The number of carbonyl (C=O) groups excluding carboxylic acids is 1.